The fraction of sp³-hybridized carbons (Fsp3) is 0.250. The molecule has 2 aromatic carbocycles. The largest absolute Gasteiger partial charge is 0.490 e. The maximum atomic E-state index is 12.0. The van der Waals surface area contributed by atoms with Gasteiger partial charge in [0.15, 0.2) is 0 Å². The average molecular weight is 402 g/mol. The third-order valence-electron chi connectivity index (χ3n) is 4.23. The molecule has 3 rings (SSSR count). The van der Waals surface area contributed by atoms with Gasteiger partial charge in [-0.3, -0.25) is 4.79 Å². The first-order chi connectivity index (χ1) is 13.4. The summed E-state index contributed by atoms with van der Waals surface area (Å²) in [5.41, 5.74) is 1.87. The molecule has 0 fully saturated rings. The summed E-state index contributed by atoms with van der Waals surface area (Å²) in [6.45, 7) is 0.290. The van der Waals surface area contributed by atoms with Crippen molar-refractivity contribution < 1.29 is 22.7 Å². The molecule has 0 bridgehead atoms. The van der Waals surface area contributed by atoms with Crippen molar-refractivity contribution in [1.82, 2.24) is 9.29 Å². The van der Waals surface area contributed by atoms with Crippen molar-refractivity contribution in [3.05, 3.63) is 60.3 Å². The van der Waals surface area contributed by atoms with Gasteiger partial charge in [0.1, 0.15) is 19.0 Å². The average Bonchev–Trinajstić information content (AvgIpc) is 3.08. The van der Waals surface area contributed by atoms with Crippen molar-refractivity contribution in [2.24, 2.45) is 0 Å². The lowest BCUT2D eigenvalue weighted by Gasteiger charge is -2.12. The van der Waals surface area contributed by atoms with E-state index in [0.29, 0.717) is 5.75 Å². The number of carbonyl (C=O) groups excluding carboxylic acids is 1. The molecule has 1 aromatic heterocycles. The minimum Gasteiger partial charge on any atom is -0.490 e. The van der Waals surface area contributed by atoms with Gasteiger partial charge in [-0.15, -0.1) is 0 Å². The normalized spacial score (nSPS) is 11.7. The Hall–Kier alpha value is -2.84. The second-order valence-electron chi connectivity index (χ2n) is 6.36. The van der Waals surface area contributed by atoms with E-state index in [1.54, 1.807) is 12.1 Å². The summed E-state index contributed by atoms with van der Waals surface area (Å²) in [7, 11) is -0.512. The van der Waals surface area contributed by atoms with Gasteiger partial charge < -0.3 is 14.5 Å². The zero-order valence-electron chi connectivity index (χ0n) is 15.7. The predicted molar refractivity (Wildman–Crippen MR) is 106 cm³/mol. The first kappa shape index (κ1) is 19.9. The van der Waals surface area contributed by atoms with Gasteiger partial charge >= 0.3 is 5.97 Å². The van der Waals surface area contributed by atoms with Gasteiger partial charge in [0, 0.05) is 31.2 Å². The lowest BCUT2D eigenvalue weighted by Crippen LogP contribution is -2.22. The monoisotopic (exact) mass is 402 g/mol. The number of fused-ring (bicyclic) bond motifs is 1. The first-order valence-electron chi connectivity index (χ1n) is 8.74. The summed E-state index contributed by atoms with van der Waals surface area (Å²) in [4.78, 5) is 15.3. The number of hydrogen-bond acceptors (Lipinski definition) is 5. The van der Waals surface area contributed by atoms with E-state index >= 15 is 0 Å². The molecule has 7 nitrogen and oxygen atoms in total. The third-order valence-corrected chi connectivity index (χ3v) is 6.06. The number of carbonyl (C=O) groups is 1. The van der Waals surface area contributed by atoms with E-state index in [9.17, 15) is 13.2 Å². The van der Waals surface area contributed by atoms with Crippen molar-refractivity contribution in [2.45, 2.75) is 11.3 Å². The van der Waals surface area contributed by atoms with E-state index in [0.717, 1.165) is 20.8 Å². The van der Waals surface area contributed by atoms with Crippen LogP contribution < -0.4 is 4.74 Å². The summed E-state index contributed by atoms with van der Waals surface area (Å²) in [5, 5.41) is 1.00. The predicted octanol–water partition coefficient (Wildman–Crippen LogP) is 2.58. The Balaban J connectivity index is 1.46. The summed E-state index contributed by atoms with van der Waals surface area (Å²) >= 11 is 0. The number of hydrogen-bond donors (Lipinski definition) is 1. The molecule has 148 valence electrons. The van der Waals surface area contributed by atoms with Gasteiger partial charge in [0.2, 0.25) is 10.0 Å². The molecular formula is C20H22N2O5S. The summed E-state index contributed by atoms with van der Waals surface area (Å²) in [5.74, 6) is 0.172. The number of ether oxygens (including phenoxy) is 2. The number of H-pyrrole nitrogens is 1. The van der Waals surface area contributed by atoms with Crippen LogP contribution in [0.25, 0.3) is 10.9 Å². The molecule has 8 heteroatoms. The number of para-hydroxylation sites is 1. The third kappa shape index (κ3) is 4.52. The Morgan fingerprint density at radius 2 is 1.75 bits per heavy atom. The highest BCUT2D eigenvalue weighted by atomic mass is 32.2. The molecule has 0 radical (unpaired) electrons. The lowest BCUT2D eigenvalue weighted by atomic mass is 10.1. The fourth-order valence-electron chi connectivity index (χ4n) is 2.72. The number of nitrogens with one attached hydrogen (secondary N) is 1. The second-order valence-corrected chi connectivity index (χ2v) is 8.52. The standard InChI is InChI=1S/C20H22N2O5S/c1-22(2)28(24,25)17-9-7-16(8-10-17)26-11-12-27-20(23)13-15-14-21-19-6-4-3-5-18(15)19/h3-10,14,21H,11-13H2,1-2H3. The van der Waals surface area contributed by atoms with E-state index < -0.39 is 10.0 Å². The number of benzene rings is 2. The van der Waals surface area contributed by atoms with Gasteiger partial charge in [-0.25, -0.2) is 12.7 Å². The second kappa shape index (κ2) is 8.45. The van der Waals surface area contributed by atoms with E-state index in [2.05, 4.69) is 4.98 Å². The molecule has 3 aromatic rings. The zero-order valence-corrected chi connectivity index (χ0v) is 16.5. The Morgan fingerprint density at radius 1 is 1.04 bits per heavy atom. The van der Waals surface area contributed by atoms with Crippen LogP contribution in [0.2, 0.25) is 0 Å². The topological polar surface area (TPSA) is 88.7 Å². The van der Waals surface area contributed by atoms with E-state index in [1.807, 2.05) is 30.5 Å². The Labute approximate surface area is 163 Å². The van der Waals surface area contributed by atoms with E-state index in [4.69, 9.17) is 9.47 Å². The van der Waals surface area contributed by atoms with Crippen LogP contribution in [-0.4, -0.2) is 51.0 Å². The highest BCUT2D eigenvalue weighted by Gasteiger charge is 2.16. The van der Waals surface area contributed by atoms with Crippen LogP contribution in [0.5, 0.6) is 5.75 Å². The lowest BCUT2D eigenvalue weighted by molar-refractivity contribution is -0.143. The van der Waals surface area contributed by atoms with E-state index in [-0.39, 0.29) is 30.5 Å². The van der Waals surface area contributed by atoms with Crippen molar-refractivity contribution in [3.63, 3.8) is 0 Å². The van der Waals surface area contributed by atoms with Crippen LogP contribution in [0.3, 0.4) is 0 Å². The highest BCUT2D eigenvalue weighted by Crippen LogP contribution is 2.19. The highest BCUT2D eigenvalue weighted by molar-refractivity contribution is 7.89. The van der Waals surface area contributed by atoms with Gasteiger partial charge in [-0.2, -0.15) is 0 Å². The molecule has 1 heterocycles. The Kier molecular flexibility index (Phi) is 6.01. The summed E-state index contributed by atoms with van der Waals surface area (Å²) in [6, 6.07) is 13.9. The molecule has 0 aliphatic carbocycles. The van der Waals surface area contributed by atoms with E-state index in [1.165, 1.54) is 26.2 Å². The van der Waals surface area contributed by atoms with Gasteiger partial charge in [0.25, 0.3) is 0 Å². The SMILES string of the molecule is CN(C)S(=O)(=O)c1ccc(OCCOC(=O)Cc2c[nH]c3ccccc23)cc1. The minimum atomic E-state index is -3.46. The molecule has 0 saturated carbocycles. The van der Waals surface area contributed by atoms with Gasteiger partial charge in [0.05, 0.1) is 11.3 Å². The van der Waals surface area contributed by atoms with Crippen LogP contribution in [0.15, 0.2) is 59.6 Å². The summed E-state index contributed by atoms with van der Waals surface area (Å²) < 4.78 is 35.9. The van der Waals surface area contributed by atoms with Crippen molar-refractivity contribution in [2.75, 3.05) is 27.3 Å². The first-order valence-corrected chi connectivity index (χ1v) is 10.2. The number of aromatic nitrogens is 1. The molecule has 0 saturated heterocycles. The van der Waals surface area contributed by atoms with Crippen molar-refractivity contribution in [3.8, 4) is 5.75 Å². The molecule has 0 spiro atoms. The number of esters is 1. The number of rotatable bonds is 8. The molecular weight excluding hydrogens is 380 g/mol. The van der Waals surface area contributed by atoms with Gasteiger partial charge in [-0.1, -0.05) is 18.2 Å². The smallest absolute Gasteiger partial charge is 0.310 e. The number of sulfonamides is 1. The van der Waals surface area contributed by atoms with Crippen LogP contribution in [0.4, 0.5) is 0 Å². The quantitative estimate of drug-likeness (QED) is 0.462. The van der Waals surface area contributed by atoms with Gasteiger partial charge in [-0.05, 0) is 35.9 Å². The number of nitrogens with zero attached hydrogens (tertiary/aromatic N) is 1. The Bertz CT molecular complexity index is 1060. The molecule has 0 aliphatic rings. The van der Waals surface area contributed by atoms with Crippen LogP contribution in [0, 0.1) is 0 Å². The molecule has 0 amide bonds. The zero-order chi connectivity index (χ0) is 20.1. The maximum absolute atomic E-state index is 12.0. The van der Waals surface area contributed by atoms with Crippen molar-refractivity contribution >= 4 is 26.9 Å². The molecule has 28 heavy (non-hydrogen) atoms. The van der Waals surface area contributed by atoms with Crippen LogP contribution in [0.1, 0.15) is 5.56 Å². The Morgan fingerprint density at radius 3 is 2.46 bits per heavy atom. The fourth-order valence-corrected chi connectivity index (χ4v) is 3.62. The van der Waals surface area contributed by atoms with Crippen molar-refractivity contribution in [1.29, 1.82) is 0 Å². The number of aromatic amines is 1. The van der Waals surface area contributed by atoms with Crippen LogP contribution >= 0.6 is 0 Å². The summed E-state index contributed by atoms with van der Waals surface area (Å²) in [6.07, 6.45) is 1.99. The molecule has 0 aliphatic heterocycles. The molecule has 0 atom stereocenters. The minimum absolute atomic E-state index is 0.110. The maximum Gasteiger partial charge on any atom is 0.310 e. The van der Waals surface area contributed by atoms with Crippen LogP contribution in [-0.2, 0) is 26.0 Å². The molecule has 1 N–H and O–H groups in total. The molecule has 0 unspecified atom stereocenters.